The van der Waals surface area contributed by atoms with Gasteiger partial charge in [0.1, 0.15) is 13.2 Å². The summed E-state index contributed by atoms with van der Waals surface area (Å²) < 4.78 is 16.7. The predicted octanol–water partition coefficient (Wildman–Crippen LogP) is 17.0. The van der Waals surface area contributed by atoms with Crippen LogP contribution in [0.1, 0.15) is 245 Å². The zero-order valence-corrected chi connectivity index (χ0v) is 40.6. The van der Waals surface area contributed by atoms with Crippen LogP contribution < -0.4 is 0 Å². The lowest BCUT2D eigenvalue weighted by Gasteiger charge is -2.18. The van der Waals surface area contributed by atoms with Crippen molar-refractivity contribution < 1.29 is 28.6 Å². The second-order valence-corrected chi connectivity index (χ2v) is 17.1. The van der Waals surface area contributed by atoms with Crippen LogP contribution in [0.3, 0.4) is 0 Å². The maximum absolute atomic E-state index is 12.8. The molecule has 0 amide bonds. The third-order valence-corrected chi connectivity index (χ3v) is 10.9. The van der Waals surface area contributed by atoms with E-state index in [0.717, 1.165) is 96.3 Å². The molecule has 1 atom stereocenters. The smallest absolute Gasteiger partial charge is 0.306 e. The van der Waals surface area contributed by atoms with Crippen molar-refractivity contribution in [3.05, 3.63) is 72.9 Å². The number of rotatable bonds is 46. The molecule has 0 aliphatic heterocycles. The number of carbonyl (C=O) groups is 3. The van der Waals surface area contributed by atoms with Crippen LogP contribution in [0.5, 0.6) is 0 Å². The lowest BCUT2D eigenvalue weighted by Crippen LogP contribution is -2.30. The minimum atomic E-state index is -0.800. The van der Waals surface area contributed by atoms with Gasteiger partial charge in [-0.3, -0.25) is 14.4 Å². The van der Waals surface area contributed by atoms with Gasteiger partial charge in [-0.15, -0.1) is 0 Å². The van der Waals surface area contributed by atoms with Crippen molar-refractivity contribution in [1.82, 2.24) is 0 Å². The van der Waals surface area contributed by atoms with Gasteiger partial charge in [0.15, 0.2) is 6.10 Å². The minimum Gasteiger partial charge on any atom is -0.462 e. The molecule has 0 aliphatic rings. The maximum atomic E-state index is 12.8. The minimum absolute atomic E-state index is 0.0954. The molecule has 6 heteroatoms. The number of carbonyl (C=O) groups excluding carboxylic acids is 3. The average molecular weight is 865 g/mol. The van der Waals surface area contributed by atoms with E-state index in [1.807, 2.05) is 0 Å². The Bertz CT molecular complexity index is 1180. The molecular formula is C56H96O6. The van der Waals surface area contributed by atoms with Crippen LogP contribution in [0.15, 0.2) is 72.9 Å². The Morgan fingerprint density at radius 2 is 0.581 bits per heavy atom. The Labute approximate surface area is 382 Å². The van der Waals surface area contributed by atoms with Crippen molar-refractivity contribution in [3.8, 4) is 0 Å². The second kappa shape index (κ2) is 50.5. The first kappa shape index (κ1) is 58.9. The zero-order valence-electron chi connectivity index (χ0n) is 40.6. The fraction of sp³-hybridized carbons (Fsp3) is 0.732. The molecule has 0 aromatic heterocycles. The maximum Gasteiger partial charge on any atom is 0.306 e. The summed E-state index contributed by atoms with van der Waals surface area (Å²) in [7, 11) is 0. The molecule has 0 heterocycles. The number of unbranched alkanes of at least 4 members (excludes halogenated alkanes) is 23. The lowest BCUT2D eigenvalue weighted by molar-refractivity contribution is -0.167. The largest absolute Gasteiger partial charge is 0.462 e. The molecule has 0 saturated heterocycles. The van der Waals surface area contributed by atoms with Crippen LogP contribution >= 0.6 is 0 Å². The van der Waals surface area contributed by atoms with Crippen LogP contribution in [0.2, 0.25) is 0 Å². The van der Waals surface area contributed by atoms with Crippen LogP contribution in [0, 0.1) is 0 Å². The first-order chi connectivity index (χ1) is 30.5. The Morgan fingerprint density at radius 3 is 0.968 bits per heavy atom. The molecule has 0 aliphatic carbocycles. The fourth-order valence-corrected chi connectivity index (χ4v) is 6.98. The van der Waals surface area contributed by atoms with E-state index in [4.69, 9.17) is 14.2 Å². The van der Waals surface area contributed by atoms with E-state index in [1.165, 1.54) is 109 Å². The third kappa shape index (κ3) is 47.9. The molecule has 62 heavy (non-hydrogen) atoms. The first-order valence-electron chi connectivity index (χ1n) is 25.9. The molecule has 0 saturated carbocycles. The summed E-state index contributed by atoms with van der Waals surface area (Å²) in [5.41, 5.74) is 0. The van der Waals surface area contributed by atoms with Gasteiger partial charge < -0.3 is 14.2 Å². The highest BCUT2D eigenvalue weighted by Gasteiger charge is 2.19. The van der Waals surface area contributed by atoms with Crippen LogP contribution in [0.25, 0.3) is 0 Å². The summed E-state index contributed by atoms with van der Waals surface area (Å²) in [6.45, 7) is 6.53. The van der Waals surface area contributed by atoms with E-state index >= 15 is 0 Å². The van der Waals surface area contributed by atoms with E-state index in [2.05, 4.69) is 93.7 Å². The predicted molar refractivity (Wildman–Crippen MR) is 265 cm³/mol. The summed E-state index contributed by atoms with van der Waals surface area (Å²) in [5.74, 6) is -0.956. The molecule has 0 aromatic rings. The topological polar surface area (TPSA) is 78.9 Å². The fourth-order valence-electron chi connectivity index (χ4n) is 6.98. The van der Waals surface area contributed by atoms with Gasteiger partial charge in [-0.25, -0.2) is 0 Å². The molecule has 0 rings (SSSR count). The summed E-state index contributed by atoms with van der Waals surface area (Å²) >= 11 is 0. The SMILES string of the molecule is CCCCC/C=C\C/C=C\C/C=C\CCCCCCC(=O)O[C@H](COC(=O)CCCC/C=C\C/C=C\C/C=C\CCCCC)COC(=O)CCCCCCCCCCCCCC. The van der Waals surface area contributed by atoms with Gasteiger partial charge in [-0.05, 0) is 96.3 Å². The van der Waals surface area contributed by atoms with Crippen molar-refractivity contribution in [2.24, 2.45) is 0 Å². The highest BCUT2D eigenvalue weighted by Crippen LogP contribution is 2.14. The van der Waals surface area contributed by atoms with Crippen molar-refractivity contribution in [2.45, 2.75) is 252 Å². The number of allylic oxidation sites excluding steroid dienone is 12. The molecular weight excluding hydrogens is 769 g/mol. The zero-order chi connectivity index (χ0) is 45.1. The van der Waals surface area contributed by atoms with Crippen LogP contribution in [0.4, 0.5) is 0 Å². The molecule has 6 nitrogen and oxygen atoms in total. The number of hydrogen-bond donors (Lipinski definition) is 0. The highest BCUT2D eigenvalue weighted by atomic mass is 16.6. The van der Waals surface area contributed by atoms with Crippen molar-refractivity contribution in [3.63, 3.8) is 0 Å². The molecule has 0 aromatic carbocycles. The normalized spacial score (nSPS) is 12.6. The number of hydrogen-bond acceptors (Lipinski definition) is 6. The van der Waals surface area contributed by atoms with Gasteiger partial charge >= 0.3 is 17.9 Å². The third-order valence-electron chi connectivity index (χ3n) is 10.9. The Hall–Kier alpha value is -3.15. The summed E-state index contributed by atoms with van der Waals surface area (Å²) in [5, 5.41) is 0. The quantitative estimate of drug-likeness (QED) is 0.0262. The van der Waals surface area contributed by atoms with E-state index in [0.29, 0.717) is 19.3 Å². The molecule has 0 spiro atoms. The molecule has 0 N–H and O–H groups in total. The molecule has 0 bridgehead atoms. The Morgan fingerprint density at radius 1 is 0.323 bits per heavy atom. The highest BCUT2D eigenvalue weighted by molar-refractivity contribution is 5.71. The molecule has 356 valence electrons. The van der Waals surface area contributed by atoms with Gasteiger partial charge in [0, 0.05) is 19.3 Å². The van der Waals surface area contributed by atoms with Gasteiger partial charge in [0.25, 0.3) is 0 Å². The van der Waals surface area contributed by atoms with Crippen molar-refractivity contribution in [1.29, 1.82) is 0 Å². The molecule has 0 fully saturated rings. The van der Waals surface area contributed by atoms with E-state index in [-0.39, 0.29) is 31.1 Å². The number of esters is 3. The van der Waals surface area contributed by atoms with Gasteiger partial charge in [0.2, 0.25) is 0 Å². The van der Waals surface area contributed by atoms with E-state index < -0.39 is 6.10 Å². The lowest BCUT2D eigenvalue weighted by atomic mass is 10.0. The Kier molecular flexibility index (Phi) is 47.9. The molecule has 0 unspecified atom stereocenters. The number of ether oxygens (including phenoxy) is 3. The van der Waals surface area contributed by atoms with Gasteiger partial charge in [0.05, 0.1) is 0 Å². The summed E-state index contributed by atoms with van der Waals surface area (Å²) in [6, 6.07) is 0. The standard InChI is InChI=1S/C56H96O6/c1-4-7-10-13-16-19-22-25-27-28-30-32-35-38-41-44-47-50-56(59)62-53(51-60-54(57)48-45-42-39-36-33-24-21-18-15-12-9-6-3)52-61-55(58)49-46-43-40-37-34-31-29-26-23-20-17-14-11-8-5-2/h16-17,19-20,25-27,29-30,32,34,37,53H,4-15,18,21-24,28,31,33,35-36,38-52H2,1-3H3/b19-16-,20-17-,27-25-,29-26-,32-30-,37-34-/t53-/m0/s1. The first-order valence-corrected chi connectivity index (χ1v) is 25.9. The summed E-state index contributed by atoms with van der Waals surface area (Å²) in [6.07, 6.45) is 63.1. The van der Waals surface area contributed by atoms with Crippen molar-refractivity contribution >= 4 is 17.9 Å². The second-order valence-electron chi connectivity index (χ2n) is 17.1. The van der Waals surface area contributed by atoms with Crippen molar-refractivity contribution in [2.75, 3.05) is 13.2 Å². The molecule has 0 radical (unpaired) electrons. The summed E-state index contributed by atoms with van der Waals surface area (Å²) in [4.78, 5) is 37.9. The van der Waals surface area contributed by atoms with E-state index in [1.54, 1.807) is 0 Å². The van der Waals surface area contributed by atoms with E-state index in [9.17, 15) is 14.4 Å². The van der Waals surface area contributed by atoms with Gasteiger partial charge in [-0.1, -0.05) is 203 Å². The van der Waals surface area contributed by atoms with Crippen LogP contribution in [-0.4, -0.2) is 37.2 Å². The van der Waals surface area contributed by atoms with Gasteiger partial charge in [-0.2, -0.15) is 0 Å². The Balaban J connectivity index is 4.48. The monoisotopic (exact) mass is 865 g/mol. The van der Waals surface area contributed by atoms with Crippen LogP contribution in [-0.2, 0) is 28.6 Å². The average Bonchev–Trinajstić information content (AvgIpc) is 3.27.